The van der Waals surface area contributed by atoms with Gasteiger partial charge >= 0.3 is 5.97 Å². The summed E-state index contributed by atoms with van der Waals surface area (Å²) in [7, 11) is 1.23. The number of nitro benzene ring substituents is 1. The van der Waals surface area contributed by atoms with E-state index >= 15 is 0 Å². The zero-order chi connectivity index (χ0) is 17.5. The summed E-state index contributed by atoms with van der Waals surface area (Å²) in [6, 6.07) is 8.06. The minimum absolute atomic E-state index is 0.0286. The third kappa shape index (κ3) is 4.27. The first-order chi connectivity index (χ1) is 11.5. The molecule has 1 heterocycles. The van der Waals surface area contributed by atoms with Gasteiger partial charge in [-0.25, -0.2) is 4.79 Å². The molecule has 0 spiro atoms. The van der Waals surface area contributed by atoms with E-state index in [1.165, 1.54) is 19.2 Å². The molecule has 1 atom stereocenters. The van der Waals surface area contributed by atoms with Crippen molar-refractivity contribution in [2.24, 2.45) is 5.92 Å². The maximum Gasteiger partial charge on any atom is 0.348 e. The molecule has 0 bridgehead atoms. The second-order valence-electron chi connectivity index (χ2n) is 5.24. The molecular formula is C17H16N2O5. The number of carbonyl (C=O) groups excluding carboxylic acids is 1. The molecule has 7 nitrogen and oxygen atoms in total. The van der Waals surface area contributed by atoms with Crippen molar-refractivity contribution in [3.05, 3.63) is 57.2 Å². The van der Waals surface area contributed by atoms with E-state index in [2.05, 4.69) is 4.74 Å². The lowest BCUT2D eigenvalue weighted by Gasteiger charge is -2.07. The van der Waals surface area contributed by atoms with E-state index in [-0.39, 0.29) is 17.2 Å². The molecule has 1 saturated heterocycles. The first-order valence-electron chi connectivity index (χ1n) is 7.26. The van der Waals surface area contributed by atoms with Crippen LogP contribution in [0.15, 0.2) is 41.5 Å². The van der Waals surface area contributed by atoms with Gasteiger partial charge in [-0.15, -0.1) is 0 Å². The lowest BCUT2D eigenvalue weighted by Crippen LogP contribution is -2.05. The van der Waals surface area contributed by atoms with E-state index in [4.69, 9.17) is 10.00 Å². The minimum atomic E-state index is -0.655. The smallest absolute Gasteiger partial charge is 0.348 e. The van der Waals surface area contributed by atoms with Gasteiger partial charge in [-0.2, -0.15) is 5.26 Å². The number of esters is 1. The standard InChI is InChI=1S/C17H16N2O5/c1-23-17(20)13(9-18)4-5-14-10-24-11-15(14)8-12-2-6-16(7-3-12)19(21)22/h2-4,6-8,14H,5,10-11H2,1H3/b13-4+,15-8+. The Hall–Kier alpha value is -2.98. The highest BCUT2D eigenvalue weighted by molar-refractivity contribution is 5.92. The zero-order valence-electron chi connectivity index (χ0n) is 13.1. The lowest BCUT2D eigenvalue weighted by atomic mass is 9.96. The Labute approximate surface area is 138 Å². The Balaban J connectivity index is 2.12. The highest BCUT2D eigenvalue weighted by atomic mass is 16.6. The fraction of sp³-hybridized carbons (Fsp3) is 0.294. The van der Waals surface area contributed by atoms with E-state index in [1.807, 2.05) is 12.1 Å². The zero-order valence-corrected chi connectivity index (χ0v) is 13.1. The Morgan fingerprint density at radius 2 is 2.21 bits per heavy atom. The van der Waals surface area contributed by atoms with Crippen LogP contribution in [0.3, 0.4) is 0 Å². The molecule has 7 heteroatoms. The van der Waals surface area contributed by atoms with E-state index in [1.54, 1.807) is 18.2 Å². The Kier molecular flexibility index (Phi) is 5.82. The van der Waals surface area contributed by atoms with Gasteiger partial charge < -0.3 is 9.47 Å². The molecule has 0 amide bonds. The van der Waals surface area contributed by atoms with Gasteiger partial charge in [0.15, 0.2) is 0 Å². The molecule has 1 aliphatic heterocycles. The van der Waals surface area contributed by atoms with Crippen molar-refractivity contribution < 1.29 is 19.2 Å². The summed E-state index contributed by atoms with van der Waals surface area (Å²) in [5.41, 5.74) is 1.86. The first-order valence-corrected chi connectivity index (χ1v) is 7.26. The van der Waals surface area contributed by atoms with Crippen molar-refractivity contribution in [3.8, 4) is 6.07 Å². The van der Waals surface area contributed by atoms with Gasteiger partial charge in [-0.05, 0) is 29.7 Å². The van der Waals surface area contributed by atoms with Crippen LogP contribution in [-0.2, 0) is 14.3 Å². The summed E-state index contributed by atoms with van der Waals surface area (Å²) >= 11 is 0. The van der Waals surface area contributed by atoms with E-state index in [9.17, 15) is 14.9 Å². The molecule has 1 aliphatic rings. The van der Waals surface area contributed by atoms with Gasteiger partial charge in [0.25, 0.3) is 5.69 Å². The molecular weight excluding hydrogens is 312 g/mol. The summed E-state index contributed by atoms with van der Waals surface area (Å²) in [6.45, 7) is 0.949. The number of hydrogen-bond acceptors (Lipinski definition) is 6. The summed E-state index contributed by atoms with van der Waals surface area (Å²) < 4.78 is 9.99. The molecule has 2 rings (SSSR count). The van der Waals surface area contributed by atoms with Crippen molar-refractivity contribution in [3.63, 3.8) is 0 Å². The average Bonchev–Trinajstić information content (AvgIpc) is 3.02. The summed E-state index contributed by atoms with van der Waals surface area (Å²) in [5, 5.41) is 19.6. The molecule has 1 aromatic carbocycles. The Morgan fingerprint density at radius 1 is 1.50 bits per heavy atom. The van der Waals surface area contributed by atoms with Gasteiger partial charge in [-0.1, -0.05) is 12.2 Å². The molecule has 0 radical (unpaired) electrons. The highest BCUT2D eigenvalue weighted by Gasteiger charge is 2.21. The number of rotatable bonds is 5. The van der Waals surface area contributed by atoms with Crippen molar-refractivity contribution in [1.29, 1.82) is 5.26 Å². The summed E-state index contributed by atoms with van der Waals surface area (Å²) in [4.78, 5) is 21.6. The second-order valence-corrected chi connectivity index (χ2v) is 5.24. The number of allylic oxidation sites excluding steroid dienone is 1. The number of nitriles is 1. The highest BCUT2D eigenvalue weighted by Crippen LogP contribution is 2.27. The fourth-order valence-corrected chi connectivity index (χ4v) is 2.37. The third-order valence-corrected chi connectivity index (χ3v) is 3.70. The molecule has 0 aliphatic carbocycles. The van der Waals surface area contributed by atoms with Crippen LogP contribution >= 0.6 is 0 Å². The number of ether oxygens (including phenoxy) is 2. The Bertz CT molecular complexity index is 728. The van der Waals surface area contributed by atoms with E-state index < -0.39 is 10.9 Å². The van der Waals surface area contributed by atoms with Gasteiger partial charge in [0, 0.05) is 18.1 Å². The number of nitro groups is 1. The van der Waals surface area contributed by atoms with E-state index in [0.717, 1.165) is 11.1 Å². The predicted molar refractivity (Wildman–Crippen MR) is 85.7 cm³/mol. The average molecular weight is 328 g/mol. The molecule has 1 unspecified atom stereocenters. The largest absolute Gasteiger partial charge is 0.465 e. The predicted octanol–water partition coefficient (Wildman–Crippen LogP) is 2.64. The van der Waals surface area contributed by atoms with Crippen LogP contribution in [0.4, 0.5) is 5.69 Å². The van der Waals surface area contributed by atoms with Gasteiger partial charge in [0.05, 0.1) is 25.2 Å². The first kappa shape index (κ1) is 17.4. The molecule has 1 aromatic rings. The third-order valence-electron chi connectivity index (χ3n) is 3.70. The Morgan fingerprint density at radius 3 is 2.79 bits per heavy atom. The van der Waals surface area contributed by atoms with Crippen LogP contribution in [0.1, 0.15) is 12.0 Å². The van der Waals surface area contributed by atoms with Crippen LogP contribution in [0.25, 0.3) is 6.08 Å². The van der Waals surface area contributed by atoms with Gasteiger partial charge in [-0.3, -0.25) is 10.1 Å². The second kappa shape index (κ2) is 8.04. The minimum Gasteiger partial charge on any atom is -0.465 e. The van der Waals surface area contributed by atoms with Crippen molar-refractivity contribution in [1.82, 2.24) is 0 Å². The summed E-state index contributed by atoms with van der Waals surface area (Å²) in [5.74, 6) is -0.606. The number of methoxy groups -OCH3 is 1. The number of non-ortho nitro benzene ring substituents is 1. The molecule has 0 N–H and O–H groups in total. The molecule has 24 heavy (non-hydrogen) atoms. The molecule has 0 saturated carbocycles. The lowest BCUT2D eigenvalue weighted by molar-refractivity contribution is -0.384. The van der Waals surface area contributed by atoms with Crippen molar-refractivity contribution in [2.75, 3.05) is 20.3 Å². The maximum absolute atomic E-state index is 11.4. The normalized spacial score (nSPS) is 19.1. The van der Waals surface area contributed by atoms with Crippen molar-refractivity contribution in [2.45, 2.75) is 6.42 Å². The number of nitrogens with zero attached hydrogens (tertiary/aromatic N) is 2. The number of carbonyl (C=O) groups is 1. The molecule has 124 valence electrons. The summed E-state index contributed by atoms with van der Waals surface area (Å²) in [6.07, 6.45) is 3.95. The van der Waals surface area contributed by atoms with E-state index in [0.29, 0.717) is 19.6 Å². The number of benzene rings is 1. The number of hydrogen-bond donors (Lipinski definition) is 0. The van der Waals surface area contributed by atoms with Gasteiger partial charge in [0.1, 0.15) is 11.6 Å². The fourth-order valence-electron chi connectivity index (χ4n) is 2.37. The molecule has 0 aromatic heterocycles. The van der Waals surface area contributed by atoms with Crippen LogP contribution < -0.4 is 0 Å². The topological polar surface area (TPSA) is 102 Å². The quantitative estimate of drug-likeness (QED) is 0.271. The molecule has 1 fully saturated rings. The van der Waals surface area contributed by atoms with Crippen LogP contribution in [0, 0.1) is 27.4 Å². The van der Waals surface area contributed by atoms with Crippen molar-refractivity contribution >= 4 is 17.7 Å². The maximum atomic E-state index is 11.4. The van der Waals surface area contributed by atoms with Crippen LogP contribution in [0.2, 0.25) is 0 Å². The SMILES string of the molecule is COC(=O)/C(C#N)=C/CC1COC/C1=C\c1ccc([N+](=O)[O-])cc1. The van der Waals surface area contributed by atoms with Gasteiger partial charge in [0.2, 0.25) is 0 Å². The monoisotopic (exact) mass is 328 g/mol. The van der Waals surface area contributed by atoms with Crippen LogP contribution in [-0.4, -0.2) is 31.2 Å². The van der Waals surface area contributed by atoms with Crippen LogP contribution in [0.5, 0.6) is 0 Å².